The van der Waals surface area contributed by atoms with Crippen LogP contribution in [0.1, 0.15) is 106 Å². The van der Waals surface area contributed by atoms with Crippen LogP contribution in [0, 0.1) is 41.4 Å². The molecular formula is C23H46. The molecule has 0 bridgehead atoms. The maximum absolute atomic E-state index is 2.55. The van der Waals surface area contributed by atoms with Crippen molar-refractivity contribution < 1.29 is 0 Å². The van der Waals surface area contributed by atoms with Crippen molar-refractivity contribution in [2.45, 2.75) is 106 Å². The van der Waals surface area contributed by atoms with Gasteiger partial charge < -0.3 is 0 Å². The minimum Gasteiger partial charge on any atom is -0.0651 e. The van der Waals surface area contributed by atoms with Gasteiger partial charge in [-0.05, 0) is 54.3 Å². The van der Waals surface area contributed by atoms with E-state index in [2.05, 4.69) is 48.5 Å². The molecule has 23 heavy (non-hydrogen) atoms. The zero-order valence-electron chi connectivity index (χ0n) is 17.4. The molecule has 1 fully saturated rings. The lowest BCUT2D eigenvalue weighted by atomic mass is 9.69. The second kappa shape index (κ2) is 10.8. The molecule has 7 unspecified atom stereocenters. The Morgan fingerprint density at radius 3 is 2.17 bits per heavy atom. The first-order valence-corrected chi connectivity index (χ1v) is 10.9. The first-order valence-electron chi connectivity index (χ1n) is 10.9. The van der Waals surface area contributed by atoms with Gasteiger partial charge in [-0.25, -0.2) is 0 Å². The molecule has 0 saturated heterocycles. The average molecular weight is 323 g/mol. The van der Waals surface area contributed by atoms with Crippen LogP contribution in [-0.4, -0.2) is 0 Å². The molecular weight excluding hydrogens is 276 g/mol. The monoisotopic (exact) mass is 322 g/mol. The van der Waals surface area contributed by atoms with Gasteiger partial charge in [0, 0.05) is 0 Å². The van der Waals surface area contributed by atoms with E-state index >= 15 is 0 Å². The summed E-state index contributed by atoms with van der Waals surface area (Å²) in [7, 11) is 0. The van der Waals surface area contributed by atoms with Crippen LogP contribution in [0.3, 0.4) is 0 Å². The fraction of sp³-hybridized carbons (Fsp3) is 1.00. The van der Waals surface area contributed by atoms with Crippen molar-refractivity contribution in [3.8, 4) is 0 Å². The van der Waals surface area contributed by atoms with Crippen LogP contribution in [0.5, 0.6) is 0 Å². The summed E-state index contributed by atoms with van der Waals surface area (Å²) in [5, 5.41) is 0. The number of hydrogen-bond acceptors (Lipinski definition) is 0. The summed E-state index contributed by atoms with van der Waals surface area (Å²) in [5.74, 6) is 6.52. The summed E-state index contributed by atoms with van der Waals surface area (Å²) in [6.45, 7) is 17.3. The van der Waals surface area contributed by atoms with Crippen LogP contribution in [0.25, 0.3) is 0 Å². The summed E-state index contributed by atoms with van der Waals surface area (Å²) in [5.41, 5.74) is 0. The van der Waals surface area contributed by atoms with E-state index in [0.717, 1.165) is 41.4 Å². The van der Waals surface area contributed by atoms with Crippen molar-refractivity contribution in [3.05, 3.63) is 0 Å². The Bertz CT molecular complexity index is 294. The molecule has 1 saturated carbocycles. The van der Waals surface area contributed by atoms with Crippen LogP contribution in [0.4, 0.5) is 0 Å². The first-order chi connectivity index (χ1) is 10.9. The van der Waals surface area contributed by atoms with Gasteiger partial charge in [-0.15, -0.1) is 0 Å². The maximum Gasteiger partial charge on any atom is -0.0360 e. The summed E-state index contributed by atoms with van der Waals surface area (Å²) in [6, 6.07) is 0. The molecule has 0 aromatic heterocycles. The largest absolute Gasteiger partial charge is 0.0651 e. The zero-order chi connectivity index (χ0) is 17.4. The zero-order valence-corrected chi connectivity index (χ0v) is 17.4. The number of unbranched alkanes of at least 4 members (excludes halogenated alkanes) is 1. The van der Waals surface area contributed by atoms with Crippen LogP contribution < -0.4 is 0 Å². The van der Waals surface area contributed by atoms with Crippen LogP contribution >= 0.6 is 0 Å². The standard InChI is InChI=1S/C23H46/c1-8-18(3)19(4)13-9-10-14-20(5)23-15-11-12-17(2)16-21(6)22(23)7/h17-23H,8-16H2,1-7H3. The van der Waals surface area contributed by atoms with E-state index in [0.29, 0.717) is 0 Å². The van der Waals surface area contributed by atoms with Gasteiger partial charge in [0.2, 0.25) is 0 Å². The Kier molecular flexibility index (Phi) is 9.86. The predicted molar refractivity (Wildman–Crippen MR) is 106 cm³/mol. The average Bonchev–Trinajstić information content (AvgIpc) is 2.52. The lowest BCUT2D eigenvalue weighted by Crippen LogP contribution is -2.28. The molecule has 1 rings (SSSR count). The summed E-state index contributed by atoms with van der Waals surface area (Å²) in [4.78, 5) is 0. The quantitative estimate of drug-likeness (QED) is 0.397. The molecule has 0 aliphatic heterocycles. The molecule has 0 radical (unpaired) electrons. The van der Waals surface area contributed by atoms with Gasteiger partial charge in [-0.3, -0.25) is 0 Å². The predicted octanol–water partition coefficient (Wildman–Crippen LogP) is 7.96. The lowest BCUT2D eigenvalue weighted by molar-refractivity contribution is 0.132. The molecule has 0 N–H and O–H groups in total. The maximum atomic E-state index is 2.55. The van der Waals surface area contributed by atoms with Crippen molar-refractivity contribution in [3.63, 3.8) is 0 Å². The molecule has 138 valence electrons. The van der Waals surface area contributed by atoms with Gasteiger partial charge in [0.05, 0.1) is 0 Å². The van der Waals surface area contributed by atoms with Crippen molar-refractivity contribution in [2.75, 3.05) is 0 Å². The van der Waals surface area contributed by atoms with E-state index in [1.54, 1.807) is 0 Å². The Hall–Kier alpha value is 0. The van der Waals surface area contributed by atoms with E-state index in [1.165, 1.54) is 57.8 Å². The van der Waals surface area contributed by atoms with Gasteiger partial charge in [-0.2, -0.15) is 0 Å². The molecule has 0 amide bonds. The molecule has 0 spiro atoms. The highest BCUT2D eigenvalue weighted by Crippen LogP contribution is 2.39. The summed E-state index contributed by atoms with van der Waals surface area (Å²) < 4.78 is 0. The van der Waals surface area contributed by atoms with Crippen molar-refractivity contribution >= 4 is 0 Å². The van der Waals surface area contributed by atoms with Crippen LogP contribution in [-0.2, 0) is 0 Å². The fourth-order valence-corrected chi connectivity index (χ4v) is 4.99. The molecule has 0 nitrogen and oxygen atoms in total. The van der Waals surface area contributed by atoms with E-state index < -0.39 is 0 Å². The van der Waals surface area contributed by atoms with Gasteiger partial charge in [-0.1, -0.05) is 93.4 Å². The Balaban J connectivity index is 2.36. The van der Waals surface area contributed by atoms with Crippen LogP contribution in [0.2, 0.25) is 0 Å². The van der Waals surface area contributed by atoms with Crippen LogP contribution in [0.15, 0.2) is 0 Å². The van der Waals surface area contributed by atoms with Gasteiger partial charge in [0.1, 0.15) is 0 Å². The topological polar surface area (TPSA) is 0 Å². The highest BCUT2D eigenvalue weighted by Gasteiger charge is 2.29. The minimum absolute atomic E-state index is 0.904. The number of hydrogen-bond donors (Lipinski definition) is 0. The second-order valence-corrected chi connectivity index (χ2v) is 9.40. The third kappa shape index (κ3) is 7.18. The Morgan fingerprint density at radius 2 is 1.52 bits per heavy atom. The SMILES string of the molecule is CCC(C)C(C)CCCCC(C)C1CCCC(C)CC(C)C1C. The second-order valence-electron chi connectivity index (χ2n) is 9.40. The molecule has 0 aromatic rings. The molecule has 0 aromatic carbocycles. The smallest absolute Gasteiger partial charge is 0.0360 e. The summed E-state index contributed by atoms with van der Waals surface area (Å²) in [6.07, 6.45) is 13.0. The van der Waals surface area contributed by atoms with Gasteiger partial charge in [0.15, 0.2) is 0 Å². The van der Waals surface area contributed by atoms with E-state index in [4.69, 9.17) is 0 Å². The molecule has 1 aliphatic carbocycles. The fourth-order valence-electron chi connectivity index (χ4n) is 4.99. The highest BCUT2D eigenvalue weighted by atomic mass is 14.3. The molecule has 1 aliphatic rings. The highest BCUT2D eigenvalue weighted by molar-refractivity contribution is 4.80. The van der Waals surface area contributed by atoms with Crippen molar-refractivity contribution in [1.29, 1.82) is 0 Å². The van der Waals surface area contributed by atoms with E-state index in [9.17, 15) is 0 Å². The normalized spacial score (nSPS) is 33.5. The van der Waals surface area contributed by atoms with Crippen molar-refractivity contribution in [2.24, 2.45) is 41.4 Å². The Labute approximate surface area is 148 Å². The number of rotatable bonds is 8. The molecule has 7 atom stereocenters. The third-order valence-electron chi connectivity index (χ3n) is 7.50. The molecule has 0 heteroatoms. The van der Waals surface area contributed by atoms with Gasteiger partial charge in [0.25, 0.3) is 0 Å². The first kappa shape index (κ1) is 21.0. The van der Waals surface area contributed by atoms with E-state index in [-0.39, 0.29) is 0 Å². The Morgan fingerprint density at radius 1 is 0.870 bits per heavy atom. The lowest BCUT2D eigenvalue weighted by Gasteiger charge is -2.37. The van der Waals surface area contributed by atoms with Crippen molar-refractivity contribution in [1.82, 2.24) is 0 Å². The third-order valence-corrected chi connectivity index (χ3v) is 7.50. The summed E-state index contributed by atoms with van der Waals surface area (Å²) >= 11 is 0. The van der Waals surface area contributed by atoms with Gasteiger partial charge >= 0.3 is 0 Å². The van der Waals surface area contributed by atoms with E-state index in [1.807, 2.05) is 0 Å². The molecule has 0 heterocycles. The minimum atomic E-state index is 0.904.